The van der Waals surface area contributed by atoms with Crippen molar-refractivity contribution in [2.24, 2.45) is 17.0 Å². The van der Waals surface area contributed by atoms with Gasteiger partial charge >= 0.3 is 6.18 Å². The van der Waals surface area contributed by atoms with Gasteiger partial charge in [0.15, 0.2) is 6.61 Å². The maximum Gasteiger partial charge on any atom is 0.422 e. The van der Waals surface area contributed by atoms with Crippen LogP contribution in [0.4, 0.5) is 53.5 Å². The number of ether oxygens (including phenoxy) is 2. The number of pyridine rings is 1. The molecule has 1 fully saturated rings. The molecule has 254 valence electrons. The highest BCUT2D eigenvalue weighted by Gasteiger charge is 2.31. The van der Waals surface area contributed by atoms with Gasteiger partial charge in [-0.1, -0.05) is 0 Å². The summed E-state index contributed by atoms with van der Waals surface area (Å²) in [5.41, 5.74) is 2.73. The number of aromatic nitrogens is 5. The van der Waals surface area contributed by atoms with E-state index in [1.807, 2.05) is 4.90 Å². The average molecular weight is 750 g/mol. The number of halogens is 4. The van der Waals surface area contributed by atoms with E-state index in [9.17, 15) is 17.7 Å². The van der Waals surface area contributed by atoms with E-state index in [2.05, 4.69) is 63.3 Å². The number of hydrogen-bond acceptors (Lipinski definition) is 12. The molecule has 0 aliphatic carbocycles. The van der Waals surface area contributed by atoms with E-state index in [1.54, 1.807) is 68.8 Å². The summed E-state index contributed by atoms with van der Waals surface area (Å²) in [4.78, 5) is 23.9. The van der Waals surface area contributed by atoms with Gasteiger partial charge in [-0.05, 0) is 61.1 Å². The monoisotopic (exact) mass is 748 g/mol. The van der Waals surface area contributed by atoms with E-state index in [1.165, 1.54) is 6.20 Å². The Balaban J connectivity index is 1.59. The summed E-state index contributed by atoms with van der Waals surface area (Å²) in [5, 5.41) is 10.9. The van der Waals surface area contributed by atoms with Gasteiger partial charge in [0.05, 0.1) is 40.6 Å². The molecule has 18 heteroatoms. The van der Waals surface area contributed by atoms with Crippen LogP contribution >= 0.6 is 23.1 Å². The van der Waals surface area contributed by atoms with E-state index in [4.69, 9.17) is 9.47 Å². The Hall–Kier alpha value is -4.34. The maximum absolute atomic E-state index is 13.5. The molecule has 1 aliphatic rings. The molecular formula is C30H33BrF3N10O3P. The number of hydrogen-bond donors (Lipinski definition) is 2. The van der Waals surface area contributed by atoms with Crippen LogP contribution in [-0.2, 0) is 16.3 Å². The van der Waals surface area contributed by atoms with Crippen LogP contribution in [0, 0.1) is 0 Å². The van der Waals surface area contributed by atoms with Crippen LogP contribution in [0.1, 0.15) is 6.92 Å². The number of morpholine rings is 1. The summed E-state index contributed by atoms with van der Waals surface area (Å²) in [6, 6.07) is 5.03. The molecule has 13 nitrogen and oxygen atoms in total. The zero-order valence-electron chi connectivity index (χ0n) is 26.5. The van der Waals surface area contributed by atoms with Crippen molar-refractivity contribution in [3.05, 3.63) is 41.3 Å². The summed E-state index contributed by atoms with van der Waals surface area (Å²) in [6.07, 6.45) is 1.85. The summed E-state index contributed by atoms with van der Waals surface area (Å²) >= 11 is 3.46. The molecule has 4 heterocycles. The summed E-state index contributed by atoms with van der Waals surface area (Å²) in [6.45, 7) is 8.85. The Morgan fingerprint density at radius 3 is 2.54 bits per heavy atom. The van der Waals surface area contributed by atoms with Crippen molar-refractivity contribution in [2.45, 2.75) is 13.1 Å². The third-order valence-corrected chi connectivity index (χ3v) is 9.12. The lowest BCUT2D eigenvalue weighted by atomic mass is 10.1. The first-order chi connectivity index (χ1) is 22.8. The Morgan fingerprint density at radius 2 is 1.92 bits per heavy atom. The minimum Gasteiger partial charge on any atom is -0.466 e. The molecule has 1 aromatic carbocycles. The fourth-order valence-corrected chi connectivity index (χ4v) is 6.67. The van der Waals surface area contributed by atoms with Gasteiger partial charge in [-0.15, -0.1) is 0 Å². The van der Waals surface area contributed by atoms with Gasteiger partial charge in [0.1, 0.15) is 30.2 Å². The molecule has 3 aromatic heterocycles. The van der Waals surface area contributed by atoms with Gasteiger partial charge in [0.2, 0.25) is 11.8 Å². The third kappa shape index (κ3) is 8.20. The SMILES string of the molecule is C=Nc1ccc(Nc2nc(Nc3cc(-c4cnn(C)c4)c(N4CCOCC4)nc3OCC(F)(F)F)ncc2Br)c(P(C)(C)=O)c1N=CC. The van der Waals surface area contributed by atoms with Crippen molar-refractivity contribution in [2.75, 3.05) is 61.8 Å². The summed E-state index contributed by atoms with van der Waals surface area (Å²) in [7, 11) is -1.17. The first kappa shape index (κ1) is 35.0. The number of nitrogens with zero attached hydrogens (tertiary/aromatic N) is 8. The van der Waals surface area contributed by atoms with Crippen molar-refractivity contribution in [3.63, 3.8) is 0 Å². The Labute approximate surface area is 283 Å². The molecule has 2 N–H and O–H groups in total. The van der Waals surface area contributed by atoms with Crippen LogP contribution in [0.2, 0.25) is 0 Å². The normalized spacial score (nSPS) is 14.0. The smallest absolute Gasteiger partial charge is 0.422 e. The minimum absolute atomic E-state index is 0.0181. The number of anilines is 5. The van der Waals surface area contributed by atoms with E-state index in [0.717, 1.165) is 0 Å². The zero-order valence-corrected chi connectivity index (χ0v) is 29.0. The molecule has 0 bridgehead atoms. The van der Waals surface area contributed by atoms with Gasteiger partial charge < -0.3 is 29.6 Å². The highest BCUT2D eigenvalue weighted by atomic mass is 79.9. The Bertz CT molecular complexity index is 1890. The molecule has 5 rings (SSSR count). The fourth-order valence-electron chi connectivity index (χ4n) is 4.99. The first-order valence-corrected chi connectivity index (χ1v) is 18.0. The second kappa shape index (κ2) is 14.4. The molecule has 0 unspecified atom stereocenters. The first-order valence-electron chi connectivity index (χ1n) is 14.6. The van der Waals surface area contributed by atoms with Gasteiger partial charge in [-0.2, -0.15) is 28.2 Å². The summed E-state index contributed by atoms with van der Waals surface area (Å²) in [5.74, 6) is 0.421. The molecule has 1 aliphatic heterocycles. The zero-order chi connectivity index (χ0) is 34.6. The lowest BCUT2D eigenvalue weighted by Crippen LogP contribution is -2.37. The summed E-state index contributed by atoms with van der Waals surface area (Å²) < 4.78 is 66.4. The number of nitrogens with one attached hydrogen (secondary N) is 2. The van der Waals surface area contributed by atoms with Crippen molar-refractivity contribution in [1.29, 1.82) is 0 Å². The van der Waals surface area contributed by atoms with E-state index >= 15 is 0 Å². The predicted molar refractivity (Wildman–Crippen MR) is 186 cm³/mol. The second-order valence-corrected chi connectivity index (χ2v) is 15.0. The second-order valence-electron chi connectivity index (χ2n) is 11.0. The number of alkyl halides is 3. The number of benzene rings is 1. The van der Waals surface area contributed by atoms with Gasteiger partial charge in [0, 0.05) is 49.9 Å². The van der Waals surface area contributed by atoms with E-state index in [0.29, 0.717) is 70.1 Å². The lowest BCUT2D eigenvalue weighted by Gasteiger charge is -2.30. The van der Waals surface area contributed by atoms with Crippen LogP contribution in [0.5, 0.6) is 5.88 Å². The highest BCUT2D eigenvalue weighted by molar-refractivity contribution is 9.10. The fraction of sp³-hybridized carbons (Fsp3) is 0.333. The molecule has 48 heavy (non-hydrogen) atoms. The Morgan fingerprint density at radius 1 is 1.17 bits per heavy atom. The quantitative estimate of drug-likeness (QED) is 0.127. The van der Waals surface area contributed by atoms with Crippen LogP contribution in [0.15, 0.2) is 51.2 Å². The lowest BCUT2D eigenvalue weighted by molar-refractivity contribution is -0.153. The molecule has 0 saturated carbocycles. The Kier molecular flexibility index (Phi) is 10.5. The number of aliphatic imine (C=N–C) groups is 2. The van der Waals surface area contributed by atoms with Crippen LogP contribution in [0.3, 0.4) is 0 Å². The van der Waals surface area contributed by atoms with Crippen LogP contribution in [-0.4, -0.2) is 90.1 Å². The van der Waals surface area contributed by atoms with Crippen molar-refractivity contribution < 1.29 is 27.2 Å². The largest absolute Gasteiger partial charge is 0.466 e. The molecule has 0 radical (unpaired) electrons. The van der Waals surface area contributed by atoms with Crippen molar-refractivity contribution in [1.82, 2.24) is 24.7 Å². The van der Waals surface area contributed by atoms with Gasteiger partial charge in [0.25, 0.3) is 0 Å². The number of rotatable bonds is 11. The van der Waals surface area contributed by atoms with Crippen LogP contribution in [0.25, 0.3) is 11.1 Å². The average Bonchev–Trinajstić information content (AvgIpc) is 3.47. The molecule has 1 saturated heterocycles. The standard InChI is InChI=1S/C30H33BrF3N10O3P/c1-6-36-24-21(35-2)7-8-22(25(24)48(4,5)45)39-26-20(31)15-37-29(41-26)40-23-13-19(18-14-38-43(3)16-18)27(44-9-11-46-12-10-44)42-28(23)47-17-30(32,33)34/h6-8,13-16H,2,9-12,17H2,1,3-5H3,(H2,37,39,40,41). The third-order valence-electron chi connectivity index (χ3n) is 7.01. The minimum atomic E-state index is -4.61. The van der Waals surface area contributed by atoms with Crippen LogP contribution < -0.4 is 25.6 Å². The predicted octanol–water partition coefficient (Wildman–Crippen LogP) is 6.60. The molecule has 0 amide bonds. The molecule has 0 spiro atoms. The van der Waals surface area contributed by atoms with Crippen molar-refractivity contribution in [3.8, 4) is 17.0 Å². The van der Waals surface area contributed by atoms with Crippen molar-refractivity contribution >= 4 is 81.6 Å². The highest BCUT2D eigenvalue weighted by Crippen LogP contribution is 2.46. The topological polar surface area (TPSA) is 144 Å². The van der Waals surface area contributed by atoms with E-state index in [-0.39, 0.29) is 23.3 Å². The van der Waals surface area contributed by atoms with Gasteiger partial charge in [-0.25, -0.2) is 4.98 Å². The maximum atomic E-state index is 13.5. The molecular weight excluding hydrogens is 716 g/mol. The molecule has 0 atom stereocenters. The number of aryl methyl sites for hydroxylation is 1. The van der Waals surface area contributed by atoms with Gasteiger partial charge in [-0.3, -0.25) is 14.7 Å². The molecule has 4 aromatic rings. The van der Waals surface area contributed by atoms with E-state index < -0.39 is 19.9 Å².